The maximum absolute atomic E-state index is 12.1. The number of hydrogen-bond acceptors (Lipinski definition) is 3. The Balaban J connectivity index is 2.03. The predicted molar refractivity (Wildman–Crippen MR) is 73.2 cm³/mol. The lowest BCUT2D eigenvalue weighted by atomic mass is 10.1. The average molecular weight is 270 g/mol. The van der Waals surface area contributed by atoms with Gasteiger partial charge in [-0.25, -0.2) is 0 Å². The summed E-state index contributed by atoms with van der Waals surface area (Å²) in [6.07, 6.45) is 1.53. The van der Waals surface area contributed by atoms with Gasteiger partial charge in [-0.05, 0) is 12.3 Å². The van der Waals surface area contributed by atoms with E-state index in [4.69, 9.17) is 0 Å². The number of hydrogen-bond donors (Lipinski definition) is 0. The molecule has 0 aromatic carbocycles. The highest BCUT2D eigenvalue weighted by Gasteiger charge is 2.49. The Labute approximate surface area is 113 Å². The fourth-order valence-corrected chi connectivity index (χ4v) is 4.36. The normalized spacial score (nSPS) is 27.6. The third kappa shape index (κ3) is 2.51. The number of nitrogens with zero attached hydrogens (tertiary/aromatic N) is 2. The van der Waals surface area contributed by atoms with Crippen molar-refractivity contribution in [3.05, 3.63) is 0 Å². The van der Waals surface area contributed by atoms with Crippen LogP contribution in [0.1, 0.15) is 33.6 Å². The molecule has 5 heteroatoms. The summed E-state index contributed by atoms with van der Waals surface area (Å²) in [6, 6.07) is 0. The Morgan fingerprint density at radius 1 is 1.33 bits per heavy atom. The summed E-state index contributed by atoms with van der Waals surface area (Å²) in [5, 5.41) is 0. The second kappa shape index (κ2) is 5.11. The summed E-state index contributed by atoms with van der Waals surface area (Å²) in [7, 11) is 0. The minimum atomic E-state index is -0.127. The van der Waals surface area contributed by atoms with Crippen molar-refractivity contribution >= 4 is 23.6 Å². The molecule has 0 bridgehead atoms. The second-order valence-corrected chi connectivity index (χ2v) is 7.09. The van der Waals surface area contributed by atoms with Gasteiger partial charge in [0.05, 0.1) is 6.54 Å². The highest BCUT2D eigenvalue weighted by atomic mass is 32.2. The molecule has 1 unspecified atom stereocenters. The largest absolute Gasteiger partial charge is 0.339 e. The summed E-state index contributed by atoms with van der Waals surface area (Å²) in [5.74, 6) is 1.76. The lowest BCUT2D eigenvalue weighted by molar-refractivity contribution is -0.134. The molecule has 1 spiro atoms. The van der Waals surface area contributed by atoms with Crippen molar-refractivity contribution < 1.29 is 9.59 Å². The summed E-state index contributed by atoms with van der Waals surface area (Å²) in [6.45, 7) is 8.09. The summed E-state index contributed by atoms with van der Waals surface area (Å²) >= 11 is 1.84. The monoisotopic (exact) mass is 270 g/mol. The molecular weight excluding hydrogens is 248 g/mol. The molecule has 2 fully saturated rings. The van der Waals surface area contributed by atoms with Crippen LogP contribution in [-0.4, -0.2) is 51.9 Å². The van der Waals surface area contributed by atoms with E-state index in [0.717, 1.165) is 25.3 Å². The molecule has 4 nitrogen and oxygen atoms in total. The van der Waals surface area contributed by atoms with Gasteiger partial charge in [-0.2, -0.15) is 0 Å². The Morgan fingerprint density at radius 3 is 2.67 bits per heavy atom. The van der Waals surface area contributed by atoms with Gasteiger partial charge in [0.2, 0.25) is 11.8 Å². The van der Waals surface area contributed by atoms with Crippen molar-refractivity contribution in [2.45, 2.75) is 38.5 Å². The van der Waals surface area contributed by atoms with E-state index in [-0.39, 0.29) is 16.7 Å². The lowest BCUT2D eigenvalue weighted by Crippen LogP contribution is -2.47. The first-order chi connectivity index (χ1) is 8.44. The molecule has 0 aliphatic carbocycles. The maximum atomic E-state index is 12.1. The molecule has 0 radical (unpaired) electrons. The predicted octanol–water partition coefficient (Wildman–Crippen LogP) is 1.56. The minimum absolute atomic E-state index is 0.127. The second-order valence-electron chi connectivity index (χ2n) is 5.63. The number of amides is 2. The molecule has 18 heavy (non-hydrogen) atoms. The molecule has 102 valence electrons. The molecule has 2 heterocycles. The number of likely N-dealkylation sites (tertiary alicyclic amines) is 1. The van der Waals surface area contributed by atoms with Gasteiger partial charge < -0.3 is 9.80 Å². The van der Waals surface area contributed by atoms with E-state index in [1.165, 1.54) is 0 Å². The third-order valence-corrected chi connectivity index (χ3v) is 5.18. The zero-order valence-electron chi connectivity index (χ0n) is 11.4. The van der Waals surface area contributed by atoms with Crippen LogP contribution < -0.4 is 0 Å². The van der Waals surface area contributed by atoms with Crippen LogP contribution >= 0.6 is 11.8 Å². The van der Waals surface area contributed by atoms with Crippen molar-refractivity contribution in [1.29, 1.82) is 0 Å². The summed E-state index contributed by atoms with van der Waals surface area (Å²) < 4.78 is 0. The summed E-state index contributed by atoms with van der Waals surface area (Å²) in [5.41, 5.74) is 0. The van der Waals surface area contributed by atoms with Crippen molar-refractivity contribution in [1.82, 2.24) is 9.80 Å². The van der Waals surface area contributed by atoms with E-state index >= 15 is 0 Å². The van der Waals surface area contributed by atoms with Gasteiger partial charge in [0.15, 0.2) is 0 Å². The van der Waals surface area contributed by atoms with Crippen molar-refractivity contribution in [2.24, 2.45) is 5.92 Å². The first kappa shape index (κ1) is 13.7. The van der Waals surface area contributed by atoms with Crippen LogP contribution in [0.3, 0.4) is 0 Å². The molecule has 1 atom stereocenters. The number of carbonyl (C=O) groups excluding carboxylic acids is 2. The smallest absolute Gasteiger partial charge is 0.222 e. The average Bonchev–Trinajstić information content (AvgIpc) is 2.86. The fraction of sp³-hybridized carbons (Fsp3) is 0.846. The maximum Gasteiger partial charge on any atom is 0.222 e. The zero-order valence-corrected chi connectivity index (χ0v) is 12.3. The van der Waals surface area contributed by atoms with Gasteiger partial charge in [0, 0.05) is 32.2 Å². The van der Waals surface area contributed by atoms with Gasteiger partial charge in [0.25, 0.3) is 0 Å². The topological polar surface area (TPSA) is 40.6 Å². The van der Waals surface area contributed by atoms with Crippen LogP contribution in [0.5, 0.6) is 0 Å². The molecular formula is C13H22N2O2S. The van der Waals surface area contributed by atoms with Gasteiger partial charge in [-0.15, -0.1) is 11.8 Å². The summed E-state index contributed by atoms with van der Waals surface area (Å²) in [4.78, 5) is 27.5. The highest BCUT2D eigenvalue weighted by molar-refractivity contribution is 8.00. The lowest BCUT2D eigenvalue weighted by Gasteiger charge is -2.33. The van der Waals surface area contributed by atoms with Crippen LogP contribution in [-0.2, 0) is 9.59 Å². The highest BCUT2D eigenvalue weighted by Crippen LogP contribution is 2.43. The van der Waals surface area contributed by atoms with E-state index in [9.17, 15) is 9.59 Å². The van der Waals surface area contributed by atoms with Crippen LogP contribution in [0, 0.1) is 5.92 Å². The molecule has 0 N–H and O–H groups in total. The van der Waals surface area contributed by atoms with Crippen LogP contribution in [0.25, 0.3) is 0 Å². The van der Waals surface area contributed by atoms with Gasteiger partial charge in [-0.1, -0.05) is 13.8 Å². The number of carbonyl (C=O) groups is 2. The zero-order chi connectivity index (χ0) is 13.3. The van der Waals surface area contributed by atoms with Crippen molar-refractivity contribution in [2.75, 3.05) is 25.4 Å². The molecule has 2 amide bonds. The molecule has 0 saturated carbocycles. The van der Waals surface area contributed by atoms with E-state index in [2.05, 4.69) is 13.8 Å². The standard InChI is InChI=1S/C13H22N2O2S/c1-10(2)8-12(17)14-5-4-13(9-14)15(11(3)16)6-7-18-13/h10H,4-9H2,1-3H3. The van der Waals surface area contributed by atoms with E-state index < -0.39 is 0 Å². The van der Waals surface area contributed by atoms with E-state index in [0.29, 0.717) is 18.9 Å². The van der Waals surface area contributed by atoms with Crippen LogP contribution in [0.4, 0.5) is 0 Å². The van der Waals surface area contributed by atoms with Crippen molar-refractivity contribution in [3.8, 4) is 0 Å². The SMILES string of the molecule is CC(=O)N1CCSC12CCN(C(=O)CC(C)C)C2. The van der Waals surface area contributed by atoms with Gasteiger partial charge in [-0.3, -0.25) is 9.59 Å². The molecule has 0 aromatic rings. The third-order valence-electron chi connectivity index (χ3n) is 3.70. The Kier molecular flexibility index (Phi) is 3.90. The minimum Gasteiger partial charge on any atom is -0.339 e. The first-order valence-corrected chi connectivity index (χ1v) is 7.63. The molecule has 2 rings (SSSR count). The Hall–Kier alpha value is -0.710. The molecule has 0 aromatic heterocycles. The Bertz CT molecular complexity index is 359. The van der Waals surface area contributed by atoms with E-state index in [1.54, 1.807) is 6.92 Å². The first-order valence-electron chi connectivity index (χ1n) is 6.64. The van der Waals surface area contributed by atoms with Gasteiger partial charge >= 0.3 is 0 Å². The Morgan fingerprint density at radius 2 is 2.06 bits per heavy atom. The number of thioether (sulfide) groups is 1. The quantitative estimate of drug-likeness (QED) is 0.764. The number of rotatable bonds is 2. The molecule has 2 aliphatic heterocycles. The van der Waals surface area contributed by atoms with Gasteiger partial charge in [0.1, 0.15) is 4.87 Å². The van der Waals surface area contributed by atoms with Crippen LogP contribution in [0.2, 0.25) is 0 Å². The van der Waals surface area contributed by atoms with Crippen LogP contribution in [0.15, 0.2) is 0 Å². The molecule has 2 saturated heterocycles. The fourth-order valence-electron chi connectivity index (χ4n) is 2.85. The van der Waals surface area contributed by atoms with Crippen molar-refractivity contribution in [3.63, 3.8) is 0 Å². The molecule has 2 aliphatic rings. The van der Waals surface area contributed by atoms with E-state index in [1.807, 2.05) is 21.6 Å².